The maximum absolute atomic E-state index is 12.0. The van der Waals surface area contributed by atoms with Gasteiger partial charge in [0.25, 0.3) is 0 Å². The first-order chi connectivity index (χ1) is 9.08. The lowest BCUT2D eigenvalue weighted by atomic mass is 9.96. The van der Waals surface area contributed by atoms with Gasteiger partial charge in [-0.05, 0) is 60.0 Å². The molecule has 0 unspecified atom stereocenters. The number of hydrogen-bond donors (Lipinski definition) is 0. The highest BCUT2D eigenvalue weighted by Gasteiger charge is 2.23. The van der Waals surface area contributed by atoms with Crippen LogP contribution in [0.25, 0.3) is 5.69 Å². The van der Waals surface area contributed by atoms with Crippen LogP contribution in [0, 0.1) is 6.92 Å². The van der Waals surface area contributed by atoms with Crippen molar-refractivity contribution in [3.05, 3.63) is 50.2 Å². The van der Waals surface area contributed by atoms with Crippen molar-refractivity contribution in [3.63, 3.8) is 0 Å². The van der Waals surface area contributed by atoms with E-state index in [1.807, 2.05) is 18.2 Å². The Morgan fingerprint density at radius 3 is 2.74 bits per heavy atom. The third-order valence-electron chi connectivity index (χ3n) is 3.55. The molecule has 0 spiro atoms. The largest absolute Gasteiger partial charge is 0.316 e. The zero-order valence-electron chi connectivity index (χ0n) is 10.5. The van der Waals surface area contributed by atoms with E-state index in [0.29, 0.717) is 6.42 Å². The Morgan fingerprint density at radius 1 is 1.16 bits per heavy atom. The molecule has 98 valence electrons. The van der Waals surface area contributed by atoms with Gasteiger partial charge < -0.3 is 4.57 Å². The Balaban J connectivity index is 2.26. The van der Waals surface area contributed by atoms with Crippen LogP contribution in [-0.2, 0) is 6.42 Å². The fraction of sp³-hybridized carbons (Fsp3) is 0.267. The molecule has 0 N–H and O–H groups in total. The third-order valence-corrected chi connectivity index (χ3v) is 4.72. The van der Waals surface area contributed by atoms with Crippen molar-refractivity contribution >= 4 is 37.6 Å². The van der Waals surface area contributed by atoms with Crippen LogP contribution in [0.4, 0.5) is 0 Å². The molecular formula is C15H13Br2NO. The standard InChI is InChI=1S/C15H13Br2NO/c1-9-7-11-13(3-2-4-15(11)19)18(9)14-8-10(16)5-6-12(14)17/h5-8H,2-4H2,1H3. The highest BCUT2D eigenvalue weighted by atomic mass is 79.9. The summed E-state index contributed by atoms with van der Waals surface area (Å²) in [5.41, 5.74) is 4.24. The molecule has 1 aromatic carbocycles. The Kier molecular flexibility index (Phi) is 3.39. The van der Waals surface area contributed by atoms with Gasteiger partial charge in [0, 0.05) is 32.3 Å². The first kappa shape index (κ1) is 13.1. The number of carbonyl (C=O) groups is 1. The van der Waals surface area contributed by atoms with Gasteiger partial charge in [0.15, 0.2) is 5.78 Å². The molecule has 0 atom stereocenters. The minimum Gasteiger partial charge on any atom is -0.316 e. The second-order valence-corrected chi connectivity index (χ2v) is 6.62. The molecule has 0 saturated carbocycles. The zero-order chi connectivity index (χ0) is 13.6. The molecule has 0 fully saturated rings. The van der Waals surface area contributed by atoms with Gasteiger partial charge in [-0.25, -0.2) is 0 Å². The lowest BCUT2D eigenvalue weighted by Crippen LogP contribution is -2.13. The summed E-state index contributed by atoms with van der Waals surface area (Å²) in [6.07, 6.45) is 2.59. The molecule has 0 saturated heterocycles. The van der Waals surface area contributed by atoms with E-state index in [-0.39, 0.29) is 5.78 Å². The smallest absolute Gasteiger partial charge is 0.164 e. The van der Waals surface area contributed by atoms with Gasteiger partial charge in [-0.15, -0.1) is 0 Å². The molecule has 19 heavy (non-hydrogen) atoms. The Hall–Kier alpha value is -0.870. The predicted molar refractivity (Wildman–Crippen MR) is 83.2 cm³/mol. The van der Waals surface area contributed by atoms with Gasteiger partial charge in [-0.1, -0.05) is 15.9 Å². The van der Waals surface area contributed by atoms with Crippen LogP contribution in [0.3, 0.4) is 0 Å². The van der Waals surface area contributed by atoms with Crippen molar-refractivity contribution in [2.75, 3.05) is 0 Å². The summed E-state index contributed by atoms with van der Waals surface area (Å²) in [4.78, 5) is 12.0. The molecule has 0 aliphatic heterocycles. The van der Waals surface area contributed by atoms with E-state index in [1.54, 1.807) is 0 Å². The van der Waals surface area contributed by atoms with Crippen LogP contribution in [-0.4, -0.2) is 10.4 Å². The van der Waals surface area contributed by atoms with Gasteiger partial charge >= 0.3 is 0 Å². The van der Waals surface area contributed by atoms with Crippen molar-refractivity contribution in [2.45, 2.75) is 26.2 Å². The van der Waals surface area contributed by atoms with Crippen LogP contribution >= 0.6 is 31.9 Å². The van der Waals surface area contributed by atoms with Crippen LogP contribution in [0.5, 0.6) is 0 Å². The summed E-state index contributed by atoms with van der Waals surface area (Å²) < 4.78 is 4.27. The number of aryl methyl sites for hydroxylation is 1. The monoisotopic (exact) mass is 381 g/mol. The van der Waals surface area contributed by atoms with Crippen molar-refractivity contribution in [1.82, 2.24) is 4.57 Å². The van der Waals surface area contributed by atoms with Crippen LogP contribution in [0.15, 0.2) is 33.2 Å². The number of nitrogens with zero attached hydrogens (tertiary/aromatic N) is 1. The van der Waals surface area contributed by atoms with Gasteiger partial charge in [0.2, 0.25) is 0 Å². The quantitative estimate of drug-likeness (QED) is 0.692. The number of Topliss-reactive ketones (excluding diaryl/α,β-unsaturated/α-hetero) is 1. The molecule has 1 heterocycles. The number of hydrogen-bond acceptors (Lipinski definition) is 1. The van der Waals surface area contributed by atoms with E-state index in [4.69, 9.17) is 0 Å². The number of aromatic nitrogens is 1. The average molecular weight is 383 g/mol. The fourth-order valence-electron chi connectivity index (χ4n) is 2.72. The second kappa shape index (κ2) is 4.91. The summed E-state index contributed by atoms with van der Waals surface area (Å²) in [6.45, 7) is 2.05. The number of ketones is 1. The molecule has 3 rings (SSSR count). The molecule has 4 heteroatoms. The normalized spacial score (nSPS) is 14.6. The minimum absolute atomic E-state index is 0.272. The van der Waals surface area contributed by atoms with Crippen molar-refractivity contribution in [3.8, 4) is 5.69 Å². The Bertz CT molecular complexity index is 673. The highest BCUT2D eigenvalue weighted by Crippen LogP contribution is 2.32. The van der Waals surface area contributed by atoms with E-state index in [0.717, 1.165) is 44.4 Å². The van der Waals surface area contributed by atoms with Crippen molar-refractivity contribution < 1.29 is 4.79 Å². The van der Waals surface area contributed by atoms with Gasteiger partial charge in [-0.2, -0.15) is 0 Å². The van der Waals surface area contributed by atoms with Crippen LogP contribution in [0.1, 0.15) is 34.6 Å². The summed E-state index contributed by atoms with van der Waals surface area (Å²) >= 11 is 7.12. The van der Waals surface area contributed by atoms with E-state index in [9.17, 15) is 4.79 Å². The average Bonchev–Trinajstić information content (AvgIpc) is 2.70. The summed E-state index contributed by atoms with van der Waals surface area (Å²) in [6, 6.07) is 8.13. The third kappa shape index (κ3) is 2.21. The molecule has 1 aliphatic rings. The van der Waals surface area contributed by atoms with Gasteiger partial charge in [0.1, 0.15) is 0 Å². The maximum atomic E-state index is 12.0. The highest BCUT2D eigenvalue weighted by molar-refractivity contribution is 9.11. The molecule has 0 amide bonds. The van der Waals surface area contributed by atoms with Crippen LogP contribution in [0.2, 0.25) is 0 Å². The first-order valence-corrected chi connectivity index (χ1v) is 7.86. The van der Waals surface area contributed by atoms with E-state index >= 15 is 0 Å². The zero-order valence-corrected chi connectivity index (χ0v) is 13.7. The van der Waals surface area contributed by atoms with Gasteiger partial charge in [-0.3, -0.25) is 4.79 Å². The molecular weight excluding hydrogens is 370 g/mol. The number of carbonyl (C=O) groups excluding carboxylic acids is 1. The molecule has 0 bridgehead atoms. The lowest BCUT2D eigenvalue weighted by Gasteiger charge is -2.17. The minimum atomic E-state index is 0.272. The molecule has 2 aromatic rings. The number of halogens is 2. The number of fused-ring (bicyclic) bond motifs is 1. The van der Waals surface area contributed by atoms with E-state index in [1.165, 1.54) is 0 Å². The Morgan fingerprint density at radius 2 is 1.95 bits per heavy atom. The topological polar surface area (TPSA) is 22.0 Å². The van der Waals surface area contributed by atoms with Gasteiger partial charge in [0.05, 0.1) is 5.69 Å². The summed E-state index contributed by atoms with van der Waals surface area (Å²) in [5, 5.41) is 0. The maximum Gasteiger partial charge on any atom is 0.164 e. The number of benzene rings is 1. The molecule has 0 radical (unpaired) electrons. The first-order valence-electron chi connectivity index (χ1n) is 6.28. The lowest BCUT2D eigenvalue weighted by molar-refractivity contribution is 0.0972. The molecule has 1 aliphatic carbocycles. The number of rotatable bonds is 1. The summed E-state index contributed by atoms with van der Waals surface area (Å²) in [5.74, 6) is 0.272. The van der Waals surface area contributed by atoms with Crippen molar-refractivity contribution in [2.24, 2.45) is 0 Å². The summed E-state index contributed by atoms with van der Waals surface area (Å²) in [7, 11) is 0. The molecule has 1 aromatic heterocycles. The Labute approximate surface area is 129 Å². The predicted octanol–water partition coefficient (Wildman–Crippen LogP) is 4.83. The molecule has 2 nitrogen and oxygen atoms in total. The fourth-order valence-corrected chi connectivity index (χ4v) is 3.49. The second-order valence-electron chi connectivity index (χ2n) is 4.85. The van der Waals surface area contributed by atoms with E-state index in [2.05, 4.69) is 49.4 Å². The van der Waals surface area contributed by atoms with Crippen molar-refractivity contribution in [1.29, 1.82) is 0 Å². The van der Waals surface area contributed by atoms with Crippen LogP contribution < -0.4 is 0 Å². The van der Waals surface area contributed by atoms with E-state index < -0.39 is 0 Å². The SMILES string of the molecule is Cc1cc2c(n1-c1cc(Br)ccc1Br)CCCC2=O.